The first-order valence-electron chi connectivity index (χ1n) is 24.8. The summed E-state index contributed by atoms with van der Waals surface area (Å²) >= 11 is 0. The van der Waals surface area contributed by atoms with Crippen molar-refractivity contribution in [3.8, 4) is 5.75 Å². The zero-order chi connectivity index (χ0) is 49.0. The molecule has 4 aliphatic heterocycles. The number of anilines is 5. The van der Waals surface area contributed by atoms with Crippen molar-refractivity contribution < 1.29 is 29.0 Å². The number of aryl methyl sites for hydroxylation is 3. The fraction of sp³-hybridized carbons (Fsp3) is 0.293. The molecule has 71 heavy (non-hydrogen) atoms. The molecule has 0 radical (unpaired) electrons. The normalized spacial score (nSPS) is 21.1. The minimum atomic E-state index is -2.53. The lowest BCUT2D eigenvalue weighted by Gasteiger charge is -2.37. The Morgan fingerprint density at radius 3 is 2.01 bits per heavy atom. The van der Waals surface area contributed by atoms with Crippen LogP contribution in [0.1, 0.15) is 65.6 Å². The lowest BCUT2D eigenvalue weighted by atomic mass is 9.82. The van der Waals surface area contributed by atoms with Gasteiger partial charge >= 0.3 is 0 Å². The quantitative estimate of drug-likeness (QED) is 0.113. The highest BCUT2D eigenvalue weighted by molar-refractivity contribution is 6.91. The number of benzene rings is 6. The lowest BCUT2D eigenvalue weighted by Crippen LogP contribution is -2.51. The molecule has 11 rings (SSSR count). The molecule has 13 heteroatoms. The molecule has 0 aliphatic carbocycles. The molecule has 3 amide bonds. The van der Waals surface area contributed by atoms with Crippen molar-refractivity contribution in [3.05, 3.63) is 185 Å². The SMILES string of the molecule is COc1ccc([Si](C)(C)[C@@H]2[C@@H](CCn3cc(C(CO)c4ccccc4)nn3)O[C@]3(C(=O)N(Cc4ccc(N5C(=O)CCc6ccccc65)cc4)c4ccc(N5C(=O)CCc6ccccc65)cc43)[C@H]2C)cc1. The molecule has 1 aromatic heterocycles. The van der Waals surface area contributed by atoms with Gasteiger partial charge in [0, 0.05) is 48.4 Å². The minimum Gasteiger partial charge on any atom is -0.497 e. The fourth-order valence-corrected chi connectivity index (χ4v) is 16.2. The van der Waals surface area contributed by atoms with Gasteiger partial charge in [-0.1, -0.05) is 121 Å². The number of nitrogens with zero attached hydrogens (tertiary/aromatic N) is 6. The van der Waals surface area contributed by atoms with E-state index in [9.17, 15) is 14.7 Å². The van der Waals surface area contributed by atoms with E-state index in [2.05, 4.69) is 54.6 Å². The zero-order valence-corrected chi connectivity index (χ0v) is 41.6. The Bertz CT molecular complexity index is 3140. The first kappa shape index (κ1) is 46.2. The number of hydrogen-bond donors (Lipinski definition) is 1. The number of carbonyl (C=O) groups excluding carboxylic acids is 3. The summed E-state index contributed by atoms with van der Waals surface area (Å²) in [5, 5.41) is 20.8. The maximum absolute atomic E-state index is 16.0. The van der Waals surface area contributed by atoms with Crippen molar-refractivity contribution in [2.45, 2.75) is 88.4 Å². The van der Waals surface area contributed by atoms with Gasteiger partial charge in [-0.3, -0.25) is 28.9 Å². The summed E-state index contributed by atoms with van der Waals surface area (Å²) in [5.41, 5.74) is 8.03. The Kier molecular flexibility index (Phi) is 12.1. The molecule has 1 saturated heterocycles. The van der Waals surface area contributed by atoms with Gasteiger partial charge in [-0.2, -0.15) is 0 Å². The highest BCUT2D eigenvalue weighted by atomic mass is 28.3. The molecule has 12 nitrogen and oxygen atoms in total. The molecule has 4 aliphatic rings. The predicted octanol–water partition coefficient (Wildman–Crippen LogP) is 9.49. The number of para-hydroxylation sites is 2. The Morgan fingerprint density at radius 1 is 0.746 bits per heavy atom. The first-order valence-corrected chi connectivity index (χ1v) is 27.8. The molecule has 7 aromatic rings. The second-order valence-corrected chi connectivity index (χ2v) is 24.7. The number of aliphatic hydroxyl groups excluding tert-OH is 1. The van der Waals surface area contributed by atoms with Crippen LogP contribution in [0.25, 0.3) is 0 Å². The summed E-state index contributed by atoms with van der Waals surface area (Å²) in [4.78, 5) is 48.9. The van der Waals surface area contributed by atoms with Gasteiger partial charge in [0.1, 0.15) is 5.75 Å². The number of methoxy groups -OCH3 is 1. The third-order valence-electron chi connectivity index (χ3n) is 15.7. The summed E-state index contributed by atoms with van der Waals surface area (Å²) in [6, 6.07) is 48.2. The van der Waals surface area contributed by atoms with E-state index < -0.39 is 13.7 Å². The second kappa shape index (κ2) is 18.5. The van der Waals surface area contributed by atoms with Crippen LogP contribution in [0.2, 0.25) is 18.6 Å². The van der Waals surface area contributed by atoms with E-state index in [1.807, 2.05) is 137 Å². The highest BCUT2D eigenvalue weighted by Crippen LogP contribution is 2.61. The number of aliphatic hydroxyl groups is 1. The summed E-state index contributed by atoms with van der Waals surface area (Å²) in [6.45, 7) is 7.55. The number of carbonyl (C=O) groups is 3. The summed E-state index contributed by atoms with van der Waals surface area (Å²) < 4.78 is 15.0. The highest BCUT2D eigenvalue weighted by Gasteiger charge is 2.66. The molecule has 5 heterocycles. The van der Waals surface area contributed by atoms with Crippen LogP contribution in [0.3, 0.4) is 0 Å². The molecular weight excluding hydrogens is 905 g/mol. The van der Waals surface area contributed by atoms with Crippen LogP contribution in [0.5, 0.6) is 5.75 Å². The van der Waals surface area contributed by atoms with Crippen molar-refractivity contribution in [2.24, 2.45) is 5.92 Å². The van der Waals surface area contributed by atoms with E-state index in [4.69, 9.17) is 9.47 Å². The third-order valence-corrected chi connectivity index (χ3v) is 20.1. The topological polar surface area (TPSA) is 130 Å². The summed E-state index contributed by atoms with van der Waals surface area (Å²) in [5.74, 6) is 0.0605. The number of amides is 3. The van der Waals surface area contributed by atoms with Gasteiger partial charge in [-0.15, -0.1) is 5.10 Å². The summed E-state index contributed by atoms with van der Waals surface area (Å²) in [7, 11) is -0.863. The van der Waals surface area contributed by atoms with Gasteiger partial charge < -0.3 is 19.5 Å². The van der Waals surface area contributed by atoms with Gasteiger partial charge in [-0.05, 0) is 102 Å². The third kappa shape index (κ3) is 7.96. The van der Waals surface area contributed by atoms with Crippen molar-refractivity contribution in [1.29, 1.82) is 0 Å². The maximum atomic E-state index is 16.0. The smallest absolute Gasteiger partial charge is 0.264 e. The Morgan fingerprint density at radius 2 is 1.37 bits per heavy atom. The molecule has 1 unspecified atom stereocenters. The van der Waals surface area contributed by atoms with E-state index in [-0.39, 0.29) is 54.4 Å². The summed E-state index contributed by atoms with van der Waals surface area (Å²) in [6.07, 6.45) is 4.26. The van der Waals surface area contributed by atoms with Crippen LogP contribution in [-0.2, 0) is 50.7 Å². The van der Waals surface area contributed by atoms with Gasteiger partial charge in [0.2, 0.25) is 11.8 Å². The Labute approximate surface area is 415 Å². The Balaban J connectivity index is 0.990. The average molecular weight is 963 g/mol. The standard InChI is InChI=1S/C58H58N6O6Si/c1-38-56(71(3,4)46-27-25-45(69-2)26-28-46)53(32-33-61-36-49(59-60-61)47(37-65)40-12-6-5-7-13-40)70-58(38)48-34-44(64-51-17-11-9-15-42(51)21-31-55(64)67)24-29-52(48)62(57(58)68)35-39-18-22-43(23-19-39)63-50-16-10-8-14-41(50)20-30-54(63)66/h5-19,22-29,34,36,38,47,53,56,65H,20-21,30-33,35,37H2,1-4H3/t38-,47?,53+,56-,58+/m0/s1. The maximum Gasteiger partial charge on any atom is 0.264 e. The van der Waals surface area contributed by atoms with Crippen molar-refractivity contribution in [2.75, 3.05) is 28.4 Å². The van der Waals surface area contributed by atoms with E-state index in [0.29, 0.717) is 50.0 Å². The van der Waals surface area contributed by atoms with Crippen LogP contribution in [0.4, 0.5) is 28.4 Å². The van der Waals surface area contributed by atoms with E-state index in [1.165, 1.54) is 5.19 Å². The minimum absolute atomic E-state index is 0.000807. The lowest BCUT2D eigenvalue weighted by molar-refractivity contribution is -0.146. The van der Waals surface area contributed by atoms with Crippen LogP contribution < -0.4 is 24.6 Å². The van der Waals surface area contributed by atoms with Gasteiger partial charge in [-0.25, -0.2) is 0 Å². The Hall–Kier alpha value is -7.19. The zero-order valence-electron chi connectivity index (χ0n) is 40.6. The molecule has 360 valence electrons. The number of ether oxygens (including phenoxy) is 2. The fourth-order valence-electron chi connectivity index (χ4n) is 12.1. The number of fused-ring (bicyclic) bond motifs is 4. The van der Waals surface area contributed by atoms with Gasteiger partial charge in [0.15, 0.2) is 5.60 Å². The van der Waals surface area contributed by atoms with Gasteiger partial charge in [0.25, 0.3) is 5.91 Å². The average Bonchev–Trinajstić information content (AvgIpc) is 4.06. The van der Waals surface area contributed by atoms with E-state index in [0.717, 1.165) is 56.3 Å². The van der Waals surface area contributed by atoms with Gasteiger partial charge in [0.05, 0.1) is 63.1 Å². The molecule has 0 bridgehead atoms. The predicted molar refractivity (Wildman–Crippen MR) is 277 cm³/mol. The molecule has 0 saturated carbocycles. The van der Waals surface area contributed by atoms with Crippen LogP contribution in [-0.4, -0.2) is 65.7 Å². The van der Waals surface area contributed by atoms with Crippen LogP contribution in [0.15, 0.2) is 152 Å². The molecule has 1 N–H and O–H groups in total. The first-order chi connectivity index (χ1) is 34.5. The molecular formula is C58H58N6O6Si. The van der Waals surface area contributed by atoms with Crippen molar-refractivity contribution in [1.82, 2.24) is 15.0 Å². The van der Waals surface area contributed by atoms with E-state index >= 15 is 4.79 Å². The monoisotopic (exact) mass is 962 g/mol. The molecule has 1 fully saturated rings. The number of rotatable bonds is 13. The van der Waals surface area contributed by atoms with Crippen molar-refractivity contribution in [3.63, 3.8) is 0 Å². The van der Waals surface area contributed by atoms with E-state index in [1.54, 1.807) is 16.9 Å². The van der Waals surface area contributed by atoms with Crippen LogP contribution >= 0.6 is 0 Å². The number of aromatic nitrogens is 3. The van der Waals surface area contributed by atoms with Crippen LogP contribution in [0, 0.1) is 5.92 Å². The largest absolute Gasteiger partial charge is 0.497 e. The second-order valence-electron chi connectivity index (χ2n) is 20.0. The number of hydrogen-bond acceptors (Lipinski definition) is 8. The molecule has 5 atom stereocenters. The van der Waals surface area contributed by atoms with Crippen molar-refractivity contribution >= 4 is 59.4 Å². The molecule has 1 spiro atoms. The molecule has 6 aromatic carbocycles.